The second kappa shape index (κ2) is 5.73. The molecule has 2 N–H and O–H groups in total. The molecule has 1 aromatic rings. The Morgan fingerprint density at radius 3 is 2.80 bits per heavy atom. The summed E-state index contributed by atoms with van der Waals surface area (Å²) in [6.07, 6.45) is 0. The Morgan fingerprint density at radius 1 is 1.47 bits per heavy atom. The van der Waals surface area contributed by atoms with Gasteiger partial charge in [0.05, 0.1) is 6.61 Å². The maximum absolute atomic E-state index is 9.40. The molecule has 0 aliphatic rings. The number of benzene rings is 1. The first kappa shape index (κ1) is 12.0. The van der Waals surface area contributed by atoms with E-state index in [1.807, 2.05) is 19.1 Å². The summed E-state index contributed by atoms with van der Waals surface area (Å²) < 4.78 is 4.97. The zero-order chi connectivity index (χ0) is 11.3. The molecule has 0 saturated heterocycles. The van der Waals surface area contributed by atoms with Crippen LogP contribution in [0.25, 0.3) is 0 Å². The van der Waals surface area contributed by atoms with Gasteiger partial charge in [-0.1, -0.05) is 12.1 Å². The van der Waals surface area contributed by atoms with Crippen molar-refractivity contribution in [1.29, 1.82) is 0 Å². The van der Waals surface area contributed by atoms with Gasteiger partial charge in [0, 0.05) is 19.7 Å². The van der Waals surface area contributed by atoms with Crippen LogP contribution in [0.1, 0.15) is 24.1 Å². The molecule has 0 saturated carbocycles. The number of hydrogen-bond acceptors (Lipinski definition) is 3. The third-order valence-electron chi connectivity index (χ3n) is 2.48. The van der Waals surface area contributed by atoms with Crippen LogP contribution in [0.2, 0.25) is 0 Å². The zero-order valence-electron chi connectivity index (χ0n) is 9.58. The van der Waals surface area contributed by atoms with Gasteiger partial charge >= 0.3 is 0 Å². The Bertz CT molecular complexity index is 312. The topological polar surface area (TPSA) is 41.5 Å². The van der Waals surface area contributed by atoms with E-state index < -0.39 is 0 Å². The highest BCUT2D eigenvalue weighted by molar-refractivity contribution is 5.36. The minimum absolute atomic E-state index is 0.277. The van der Waals surface area contributed by atoms with Crippen LogP contribution in [0.5, 0.6) is 5.75 Å². The maximum atomic E-state index is 9.40. The quantitative estimate of drug-likeness (QED) is 0.729. The third kappa shape index (κ3) is 3.53. The van der Waals surface area contributed by atoms with Gasteiger partial charge < -0.3 is 15.2 Å². The molecular weight excluding hydrogens is 190 g/mol. The Morgan fingerprint density at radius 2 is 2.20 bits per heavy atom. The lowest BCUT2D eigenvalue weighted by Crippen LogP contribution is -2.22. The maximum Gasteiger partial charge on any atom is 0.118 e. The van der Waals surface area contributed by atoms with E-state index in [0.717, 1.165) is 12.1 Å². The molecule has 0 aliphatic heterocycles. The molecule has 0 aliphatic carbocycles. The predicted octanol–water partition coefficient (Wildman–Crippen LogP) is 2.00. The number of ether oxygens (including phenoxy) is 1. The van der Waals surface area contributed by atoms with Crippen molar-refractivity contribution in [2.45, 2.75) is 19.9 Å². The van der Waals surface area contributed by atoms with E-state index in [1.165, 1.54) is 5.56 Å². The molecule has 0 bridgehead atoms. The number of phenols is 1. The van der Waals surface area contributed by atoms with E-state index in [-0.39, 0.29) is 6.04 Å². The number of methoxy groups -OCH3 is 1. The van der Waals surface area contributed by atoms with E-state index in [2.05, 4.69) is 12.2 Å². The average molecular weight is 209 g/mol. The van der Waals surface area contributed by atoms with E-state index in [1.54, 1.807) is 13.2 Å². The molecule has 1 rings (SSSR count). The Labute approximate surface area is 91.1 Å². The lowest BCUT2D eigenvalue weighted by molar-refractivity contribution is 0.196. The van der Waals surface area contributed by atoms with Crippen molar-refractivity contribution < 1.29 is 9.84 Å². The normalized spacial score (nSPS) is 12.7. The molecular formula is C12H19NO2. The Hall–Kier alpha value is -1.06. The Balaban J connectivity index is 2.57. The van der Waals surface area contributed by atoms with Gasteiger partial charge in [0.15, 0.2) is 0 Å². The first-order valence-electron chi connectivity index (χ1n) is 5.17. The van der Waals surface area contributed by atoms with Gasteiger partial charge in [0.2, 0.25) is 0 Å². The van der Waals surface area contributed by atoms with Gasteiger partial charge in [0.1, 0.15) is 5.75 Å². The molecule has 1 atom stereocenters. The molecule has 1 unspecified atom stereocenters. The van der Waals surface area contributed by atoms with Gasteiger partial charge in [-0.05, 0) is 31.0 Å². The number of phenolic OH excluding ortho intramolecular Hbond substituents is 1. The highest BCUT2D eigenvalue weighted by Gasteiger charge is 2.05. The minimum Gasteiger partial charge on any atom is -0.508 e. The number of hydrogen-bond donors (Lipinski definition) is 2. The molecule has 84 valence electrons. The van der Waals surface area contributed by atoms with Crippen LogP contribution >= 0.6 is 0 Å². The minimum atomic E-state index is 0.277. The molecule has 15 heavy (non-hydrogen) atoms. The van der Waals surface area contributed by atoms with E-state index >= 15 is 0 Å². The first-order valence-corrected chi connectivity index (χ1v) is 5.17. The third-order valence-corrected chi connectivity index (χ3v) is 2.48. The second-order valence-corrected chi connectivity index (χ2v) is 3.71. The van der Waals surface area contributed by atoms with Crippen LogP contribution in [0, 0.1) is 6.92 Å². The fraction of sp³-hybridized carbons (Fsp3) is 0.500. The molecule has 0 heterocycles. The highest BCUT2D eigenvalue weighted by atomic mass is 16.5. The van der Waals surface area contributed by atoms with Crippen LogP contribution in [0.4, 0.5) is 0 Å². The van der Waals surface area contributed by atoms with Crippen molar-refractivity contribution in [2.24, 2.45) is 0 Å². The average Bonchev–Trinajstić information content (AvgIpc) is 2.22. The molecule has 0 spiro atoms. The van der Waals surface area contributed by atoms with Gasteiger partial charge in [0.25, 0.3) is 0 Å². The SMILES string of the molecule is COCCNC(C)c1ccc(O)c(C)c1. The first-order chi connectivity index (χ1) is 7.15. The van der Waals surface area contributed by atoms with E-state index in [4.69, 9.17) is 4.74 Å². The Kier molecular flexibility index (Phi) is 4.59. The molecule has 0 fully saturated rings. The smallest absolute Gasteiger partial charge is 0.118 e. The van der Waals surface area contributed by atoms with Crippen molar-refractivity contribution in [2.75, 3.05) is 20.3 Å². The van der Waals surface area contributed by atoms with Crippen LogP contribution in [-0.4, -0.2) is 25.4 Å². The van der Waals surface area contributed by atoms with Crippen molar-refractivity contribution in [1.82, 2.24) is 5.32 Å². The molecule has 0 aromatic heterocycles. The molecule has 1 aromatic carbocycles. The van der Waals surface area contributed by atoms with Gasteiger partial charge in [-0.2, -0.15) is 0 Å². The number of aromatic hydroxyl groups is 1. The molecule has 0 radical (unpaired) electrons. The molecule has 0 amide bonds. The molecule has 3 heteroatoms. The predicted molar refractivity (Wildman–Crippen MR) is 61.1 cm³/mol. The van der Waals surface area contributed by atoms with Crippen LogP contribution in [0.15, 0.2) is 18.2 Å². The monoisotopic (exact) mass is 209 g/mol. The van der Waals surface area contributed by atoms with E-state index in [9.17, 15) is 5.11 Å². The largest absolute Gasteiger partial charge is 0.508 e. The second-order valence-electron chi connectivity index (χ2n) is 3.71. The summed E-state index contributed by atoms with van der Waals surface area (Å²) >= 11 is 0. The summed E-state index contributed by atoms with van der Waals surface area (Å²) in [7, 11) is 1.69. The summed E-state index contributed by atoms with van der Waals surface area (Å²) in [6, 6.07) is 5.95. The lowest BCUT2D eigenvalue weighted by atomic mass is 10.1. The number of aryl methyl sites for hydroxylation is 1. The van der Waals surface area contributed by atoms with Crippen molar-refractivity contribution in [3.05, 3.63) is 29.3 Å². The number of rotatable bonds is 5. The summed E-state index contributed by atoms with van der Waals surface area (Å²) in [5, 5.41) is 12.7. The van der Waals surface area contributed by atoms with Crippen molar-refractivity contribution in [3.8, 4) is 5.75 Å². The van der Waals surface area contributed by atoms with Crippen LogP contribution < -0.4 is 5.32 Å². The molecule has 3 nitrogen and oxygen atoms in total. The zero-order valence-corrected chi connectivity index (χ0v) is 9.58. The summed E-state index contributed by atoms with van der Waals surface area (Å²) in [5.41, 5.74) is 2.09. The summed E-state index contributed by atoms with van der Waals surface area (Å²) in [4.78, 5) is 0. The lowest BCUT2D eigenvalue weighted by Gasteiger charge is -2.14. The fourth-order valence-electron chi connectivity index (χ4n) is 1.44. The van der Waals surface area contributed by atoms with Crippen LogP contribution in [-0.2, 0) is 4.74 Å². The standard InChI is InChI=1S/C12H19NO2/c1-9-8-11(4-5-12(9)14)10(2)13-6-7-15-3/h4-5,8,10,13-14H,6-7H2,1-3H3. The van der Waals surface area contributed by atoms with Gasteiger partial charge in [-0.3, -0.25) is 0 Å². The van der Waals surface area contributed by atoms with Crippen molar-refractivity contribution >= 4 is 0 Å². The van der Waals surface area contributed by atoms with Gasteiger partial charge in [-0.25, -0.2) is 0 Å². The van der Waals surface area contributed by atoms with E-state index in [0.29, 0.717) is 12.4 Å². The fourth-order valence-corrected chi connectivity index (χ4v) is 1.44. The highest BCUT2D eigenvalue weighted by Crippen LogP contribution is 2.20. The summed E-state index contributed by atoms with van der Waals surface area (Å²) in [5.74, 6) is 0.350. The van der Waals surface area contributed by atoms with Gasteiger partial charge in [-0.15, -0.1) is 0 Å². The summed E-state index contributed by atoms with van der Waals surface area (Å²) in [6.45, 7) is 5.54. The number of nitrogens with one attached hydrogen (secondary N) is 1. The van der Waals surface area contributed by atoms with Crippen molar-refractivity contribution in [3.63, 3.8) is 0 Å². The van der Waals surface area contributed by atoms with Crippen LogP contribution in [0.3, 0.4) is 0 Å².